The van der Waals surface area contributed by atoms with E-state index in [0.29, 0.717) is 23.8 Å². The monoisotopic (exact) mass is 476 g/mol. The summed E-state index contributed by atoms with van der Waals surface area (Å²) in [6.07, 6.45) is 0.410. The number of hydrogen-bond acceptors (Lipinski definition) is 5. The lowest BCUT2D eigenvalue weighted by Crippen LogP contribution is -2.31. The Kier molecular flexibility index (Phi) is 7.33. The largest absolute Gasteiger partial charge is 0.494 e. The molecule has 1 N–H and O–H groups in total. The number of nitrogens with zero attached hydrogens (tertiary/aromatic N) is 1. The van der Waals surface area contributed by atoms with Gasteiger partial charge in [-0.25, -0.2) is 4.90 Å². The molecule has 0 saturated carbocycles. The molecule has 0 aliphatic carbocycles. The number of halogens is 1. The number of ether oxygens (including phenoxy) is 1. The molecule has 1 aliphatic heterocycles. The molecule has 1 atom stereocenters. The summed E-state index contributed by atoms with van der Waals surface area (Å²) in [5.41, 5.74) is 1.26. The summed E-state index contributed by atoms with van der Waals surface area (Å²) in [6, 6.07) is 14.2. The van der Waals surface area contributed by atoms with Crippen molar-refractivity contribution in [1.29, 1.82) is 0 Å². The van der Waals surface area contributed by atoms with Crippen molar-refractivity contribution in [3.05, 3.63) is 53.0 Å². The van der Waals surface area contributed by atoms with E-state index in [2.05, 4.69) is 21.2 Å². The average molecular weight is 477 g/mol. The molecular weight excluding hydrogens is 456 g/mol. The third-order valence-electron chi connectivity index (χ3n) is 4.29. The quantitative estimate of drug-likeness (QED) is 0.576. The van der Waals surface area contributed by atoms with Gasteiger partial charge in [-0.15, -0.1) is 11.8 Å². The zero-order chi connectivity index (χ0) is 20.8. The van der Waals surface area contributed by atoms with Crippen molar-refractivity contribution in [2.75, 3.05) is 22.6 Å². The van der Waals surface area contributed by atoms with Gasteiger partial charge in [-0.1, -0.05) is 15.9 Å². The molecule has 152 valence electrons. The topological polar surface area (TPSA) is 75.7 Å². The number of carbonyl (C=O) groups is 3. The van der Waals surface area contributed by atoms with Crippen LogP contribution in [0, 0.1) is 0 Å². The van der Waals surface area contributed by atoms with E-state index < -0.39 is 5.25 Å². The molecule has 2 aromatic rings. The summed E-state index contributed by atoms with van der Waals surface area (Å²) >= 11 is 4.69. The van der Waals surface area contributed by atoms with Crippen LogP contribution in [-0.2, 0) is 14.4 Å². The standard InChI is InChI=1S/C21H21BrN2O4S/c1-2-28-17-9-7-16(8-10-17)24-20(26)13-18(21(24)27)29-12-11-19(25)23-15-5-3-14(22)4-6-15/h3-10,18H,2,11-13H2,1H3,(H,23,25)/t18-/m0/s1. The van der Waals surface area contributed by atoms with Gasteiger partial charge in [-0.2, -0.15) is 0 Å². The zero-order valence-electron chi connectivity index (χ0n) is 15.9. The van der Waals surface area contributed by atoms with Crippen molar-refractivity contribution >= 4 is 56.8 Å². The van der Waals surface area contributed by atoms with Gasteiger partial charge in [0.1, 0.15) is 5.75 Å². The van der Waals surface area contributed by atoms with Gasteiger partial charge >= 0.3 is 0 Å². The van der Waals surface area contributed by atoms with E-state index in [-0.39, 0.29) is 30.6 Å². The Balaban J connectivity index is 1.50. The van der Waals surface area contributed by atoms with E-state index in [1.807, 2.05) is 31.2 Å². The highest BCUT2D eigenvalue weighted by Crippen LogP contribution is 2.31. The van der Waals surface area contributed by atoms with Crippen molar-refractivity contribution in [3.63, 3.8) is 0 Å². The van der Waals surface area contributed by atoms with Gasteiger partial charge in [0.2, 0.25) is 17.7 Å². The summed E-state index contributed by atoms with van der Waals surface area (Å²) < 4.78 is 6.33. The minimum absolute atomic E-state index is 0.125. The van der Waals surface area contributed by atoms with E-state index >= 15 is 0 Å². The third-order valence-corrected chi connectivity index (χ3v) is 6.03. The summed E-state index contributed by atoms with van der Waals surface area (Å²) in [7, 11) is 0. The Morgan fingerprint density at radius 1 is 1.17 bits per heavy atom. The van der Waals surface area contributed by atoms with E-state index in [1.54, 1.807) is 24.3 Å². The molecular formula is C21H21BrN2O4S. The second kappa shape index (κ2) is 9.93. The molecule has 1 saturated heterocycles. The lowest BCUT2D eigenvalue weighted by atomic mass is 10.3. The second-order valence-electron chi connectivity index (χ2n) is 6.36. The molecule has 0 bridgehead atoms. The van der Waals surface area contributed by atoms with E-state index in [1.165, 1.54) is 16.7 Å². The fraction of sp³-hybridized carbons (Fsp3) is 0.286. The van der Waals surface area contributed by atoms with Crippen LogP contribution in [0.3, 0.4) is 0 Å². The summed E-state index contributed by atoms with van der Waals surface area (Å²) in [4.78, 5) is 38.3. The molecule has 1 heterocycles. The number of imide groups is 1. The van der Waals surface area contributed by atoms with Crippen molar-refractivity contribution in [2.24, 2.45) is 0 Å². The molecule has 29 heavy (non-hydrogen) atoms. The number of amides is 3. The molecule has 0 spiro atoms. The van der Waals surface area contributed by atoms with Crippen molar-refractivity contribution < 1.29 is 19.1 Å². The molecule has 8 heteroatoms. The Bertz CT molecular complexity index is 887. The number of anilines is 2. The Morgan fingerprint density at radius 2 is 1.86 bits per heavy atom. The van der Waals surface area contributed by atoms with Crippen LogP contribution in [0.2, 0.25) is 0 Å². The Morgan fingerprint density at radius 3 is 2.52 bits per heavy atom. The first-order chi connectivity index (χ1) is 14.0. The van der Waals surface area contributed by atoms with Crippen LogP contribution in [0.4, 0.5) is 11.4 Å². The highest BCUT2D eigenvalue weighted by molar-refractivity contribution is 9.10. The molecule has 3 rings (SSSR count). The molecule has 1 fully saturated rings. The van der Waals surface area contributed by atoms with Gasteiger partial charge in [-0.05, 0) is 55.5 Å². The van der Waals surface area contributed by atoms with Crippen LogP contribution in [0.1, 0.15) is 19.8 Å². The maximum absolute atomic E-state index is 12.7. The van der Waals surface area contributed by atoms with Crippen LogP contribution in [0.25, 0.3) is 0 Å². The van der Waals surface area contributed by atoms with E-state index in [4.69, 9.17) is 4.74 Å². The summed E-state index contributed by atoms with van der Waals surface area (Å²) in [5, 5.41) is 2.35. The van der Waals surface area contributed by atoms with Crippen molar-refractivity contribution in [1.82, 2.24) is 0 Å². The Hall–Kier alpha value is -2.32. The fourth-order valence-corrected chi connectivity index (χ4v) is 4.27. The van der Waals surface area contributed by atoms with Crippen molar-refractivity contribution in [2.45, 2.75) is 25.0 Å². The minimum Gasteiger partial charge on any atom is -0.494 e. The van der Waals surface area contributed by atoms with Gasteiger partial charge in [0, 0.05) is 28.8 Å². The minimum atomic E-state index is -0.463. The Labute approximate surface area is 182 Å². The molecule has 2 aromatic carbocycles. The molecule has 1 aliphatic rings. The lowest BCUT2D eigenvalue weighted by molar-refractivity contribution is -0.121. The van der Waals surface area contributed by atoms with Gasteiger partial charge in [-0.3, -0.25) is 14.4 Å². The van der Waals surface area contributed by atoms with Crippen LogP contribution in [0.5, 0.6) is 5.75 Å². The van der Waals surface area contributed by atoms with Crippen LogP contribution < -0.4 is 15.0 Å². The first-order valence-electron chi connectivity index (χ1n) is 9.24. The number of thioether (sulfide) groups is 1. The normalized spacial score (nSPS) is 16.2. The summed E-state index contributed by atoms with van der Waals surface area (Å²) in [5.74, 6) is 0.565. The number of rotatable bonds is 8. The predicted molar refractivity (Wildman–Crippen MR) is 118 cm³/mol. The maximum Gasteiger partial charge on any atom is 0.247 e. The number of hydrogen-bond donors (Lipinski definition) is 1. The molecule has 0 radical (unpaired) electrons. The fourth-order valence-electron chi connectivity index (χ4n) is 2.91. The van der Waals surface area contributed by atoms with Gasteiger partial charge in [0.05, 0.1) is 17.5 Å². The summed E-state index contributed by atoms with van der Waals surface area (Å²) in [6.45, 7) is 2.44. The maximum atomic E-state index is 12.7. The van der Waals surface area contributed by atoms with Crippen LogP contribution >= 0.6 is 27.7 Å². The van der Waals surface area contributed by atoms with Crippen LogP contribution in [0.15, 0.2) is 53.0 Å². The van der Waals surface area contributed by atoms with E-state index in [0.717, 1.165) is 10.2 Å². The second-order valence-corrected chi connectivity index (χ2v) is 8.59. The molecule has 3 amide bonds. The third kappa shape index (κ3) is 5.61. The average Bonchev–Trinajstić information content (AvgIpc) is 2.98. The number of carbonyl (C=O) groups excluding carboxylic acids is 3. The molecule has 6 nitrogen and oxygen atoms in total. The van der Waals surface area contributed by atoms with Crippen LogP contribution in [-0.4, -0.2) is 35.3 Å². The van der Waals surface area contributed by atoms with Gasteiger partial charge in [0.15, 0.2) is 0 Å². The number of benzene rings is 2. The molecule has 0 aromatic heterocycles. The molecule has 0 unspecified atom stereocenters. The van der Waals surface area contributed by atoms with Gasteiger partial charge in [0.25, 0.3) is 0 Å². The highest BCUT2D eigenvalue weighted by Gasteiger charge is 2.39. The SMILES string of the molecule is CCOc1ccc(N2C(=O)C[C@H](SCCC(=O)Nc3ccc(Br)cc3)C2=O)cc1. The first-order valence-corrected chi connectivity index (χ1v) is 11.1. The predicted octanol–water partition coefficient (Wildman–Crippen LogP) is 4.24. The van der Waals surface area contributed by atoms with E-state index in [9.17, 15) is 14.4 Å². The highest BCUT2D eigenvalue weighted by atomic mass is 79.9. The lowest BCUT2D eigenvalue weighted by Gasteiger charge is -2.15. The van der Waals surface area contributed by atoms with Crippen molar-refractivity contribution in [3.8, 4) is 5.75 Å². The smallest absolute Gasteiger partial charge is 0.247 e. The number of nitrogens with one attached hydrogen (secondary N) is 1. The first kappa shape index (κ1) is 21.4. The van der Waals surface area contributed by atoms with Gasteiger partial charge < -0.3 is 10.1 Å². The zero-order valence-corrected chi connectivity index (χ0v) is 18.3.